The molecule has 1 aliphatic heterocycles. The minimum absolute atomic E-state index is 0.00706. The van der Waals surface area contributed by atoms with Crippen LogP contribution in [0.3, 0.4) is 0 Å². The summed E-state index contributed by atoms with van der Waals surface area (Å²) in [4.78, 5) is 18.7. The van der Waals surface area contributed by atoms with Crippen LogP contribution in [0.15, 0.2) is 30.5 Å². The van der Waals surface area contributed by atoms with E-state index in [2.05, 4.69) is 20.5 Å². The van der Waals surface area contributed by atoms with Crippen LogP contribution in [0.25, 0.3) is 21.1 Å². The van der Waals surface area contributed by atoms with E-state index >= 15 is 4.39 Å². The number of halogens is 2. The largest absolute Gasteiger partial charge is 0.488 e. The van der Waals surface area contributed by atoms with E-state index in [0.717, 1.165) is 11.4 Å². The Labute approximate surface area is 236 Å². The van der Waals surface area contributed by atoms with Crippen LogP contribution in [0.2, 0.25) is 5.02 Å². The van der Waals surface area contributed by atoms with Crippen molar-refractivity contribution in [2.24, 2.45) is 0 Å². The molecule has 39 heavy (non-hydrogen) atoms. The Morgan fingerprint density at radius 3 is 2.64 bits per heavy atom. The van der Waals surface area contributed by atoms with Gasteiger partial charge in [-0.15, -0.1) is 10.2 Å². The Morgan fingerprint density at radius 2 is 2.00 bits per heavy atom. The zero-order valence-electron chi connectivity index (χ0n) is 23.0. The number of amides is 1. The fourth-order valence-corrected chi connectivity index (χ4v) is 5.19. The van der Waals surface area contributed by atoms with Crippen molar-refractivity contribution in [2.75, 3.05) is 18.5 Å². The van der Waals surface area contributed by atoms with Crippen molar-refractivity contribution >= 4 is 34.8 Å². The maximum absolute atomic E-state index is 15.1. The van der Waals surface area contributed by atoms with Crippen molar-refractivity contribution in [1.82, 2.24) is 20.1 Å². The van der Waals surface area contributed by atoms with Crippen molar-refractivity contribution in [3.8, 4) is 26.9 Å². The number of aromatic nitrogens is 3. The molecule has 12 heteroatoms. The molecule has 4 rings (SSSR count). The van der Waals surface area contributed by atoms with Gasteiger partial charge < -0.3 is 19.5 Å². The number of rotatable bonds is 7. The SMILES string of the molecule is CC(C)Nc1ccc(-c2nnc(-c3cc(F)c(OC[C@H]4COC(C)(C)N4C(=O)OC(C)(C)C)cc3Cl)s2)cn1. The molecule has 9 nitrogen and oxygen atoms in total. The van der Waals surface area contributed by atoms with E-state index in [0.29, 0.717) is 15.6 Å². The second kappa shape index (κ2) is 11.2. The molecule has 1 aliphatic rings. The highest BCUT2D eigenvalue weighted by Crippen LogP contribution is 2.38. The molecular weight excluding hydrogens is 545 g/mol. The summed E-state index contributed by atoms with van der Waals surface area (Å²) in [7, 11) is 0. The molecule has 2 aromatic heterocycles. The lowest BCUT2D eigenvalue weighted by Gasteiger charge is -2.35. The van der Waals surface area contributed by atoms with E-state index in [-0.39, 0.29) is 30.0 Å². The maximum Gasteiger partial charge on any atom is 0.413 e. The summed E-state index contributed by atoms with van der Waals surface area (Å²) in [6, 6.07) is 6.24. The number of hydrogen-bond acceptors (Lipinski definition) is 9. The molecule has 0 bridgehead atoms. The predicted octanol–water partition coefficient (Wildman–Crippen LogP) is 6.63. The fraction of sp³-hybridized carbons (Fsp3) is 0.481. The number of carbonyl (C=O) groups excluding carboxylic acids is 1. The Hall–Kier alpha value is -3.02. The lowest BCUT2D eigenvalue weighted by Crippen LogP contribution is -2.51. The first-order valence-electron chi connectivity index (χ1n) is 12.6. The molecule has 3 heterocycles. The molecule has 3 aromatic rings. The van der Waals surface area contributed by atoms with Gasteiger partial charge in [-0.2, -0.15) is 0 Å². The summed E-state index contributed by atoms with van der Waals surface area (Å²) in [5, 5.41) is 13.0. The van der Waals surface area contributed by atoms with E-state index in [4.69, 9.17) is 25.8 Å². The van der Waals surface area contributed by atoms with Gasteiger partial charge in [0, 0.05) is 29.4 Å². The number of anilines is 1. The van der Waals surface area contributed by atoms with Crippen molar-refractivity contribution in [3.05, 3.63) is 41.3 Å². The summed E-state index contributed by atoms with van der Waals surface area (Å²) in [5.41, 5.74) is -0.378. The smallest absolute Gasteiger partial charge is 0.413 e. The normalized spacial score (nSPS) is 17.0. The summed E-state index contributed by atoms with van der Waals surface area (Å²) in [5.74, 6) is 0.111. The standard InChI is InChI=1S/C27H33ClFN5O4S/c1-15(2)31-22-9-8-16(12-30-22)23-32-33-24(39-23)18-10-20(29)21(11-19(18)28)36-13-17-14-37-27(6,7)34(17)25(35)38-26(3,4)5/h8-12,15,17H,13-14H2,1-7H3,(H,30,31)/t17-/m0/s1. The molecule has 1 fully saturated rings. The van der Waals surface area contributed by atoms with Gasteiger partial charge in [-0.05, 0) is 66.7 Å². The molecule has 0 spiro atoms. The molecule has 1 saturated heterocycles. The van der Waals surface area contributed by atoms with Gasteiger partial charge in [-0.3, -0.25) is 4.90 Å². The van der Waals surface area contributed by atoms with Crippen LogP contribution in [0.1, 0.15) is 48.5 Å². The number of carbonyl (C=O) groups is 1. The molecule has 210 valence electrons. The molecule has 0 radical (unpaired) electrons. The van der Waals surface area contributed by atoms with E-state index < -0.39 is 29.3 Å². The van der Waals surface area contributed by atoms with Gasteiger partial charge in [-0.25, -0.2) is 14.2 Å². The van der Waals surface area contributed by atoms with E-state index in [1.54, 1.807) is 40.8 Å². The average Bonchev–Trinajstić information content (AvgIpc) is 3.42. The number of nitrogens with zero attached hydrogens (tertiary/aromatic N) is 4. The van der Waals surface area contributed by atoms with Crippen molar-refractivity contribution in [2.45, 2.75) is 71.9 Å². The summed E-state index contributed by atoms with van der Waals surface area (Å²) >= 11 is 7.80. The Kier molecular flexibility index (Phi) is 8.34. The summed E-state index contributed by atoms with van der Waals surface area (Å²) in [6.45, 7) is 13.2. The first-order chi connectivity index (χ1) is 18.2. The Morgan fingerprint density at radius 1 is 1.28 bits per heavy atom. The minimum Gasteiger partial charge on any atom is -0.488 e. The van der Waals surface area contributed by atoms with E-state index in [9.17, 15) is 4.79 Å². The predicted molar refractivity (Wildman–Crippen MR) is 150 cm³/mol. The monoisotopic (exact) mass is 577 g/mol. The summed E-state index contributed by atoms with van der Waals surface area (Å²) in [6.07, 6.45) is 1.18. The number of hydrogen-bond donors (Lipinski definition) is 1. The van der Waals surface area contributed by atoms with Crippen LogP contribution in [0.4, 0.5) is 15.0 Å². The molecule has 0 aliphatic carbocycles. The number of pyridine rings is 1. The van der Waals surface area contributed by atoms with Crippen LogP contribution in [0, 0.1) is 5.82 Å². The molecule has 1 N–H and O–H groups in total. The second-order valence-corrected chi connectivity index (χ2v) is 12.4. The van der Waals surface area contributed by atoms with Gasteiger partial charge in [0.2, 0.25) is 0 Å². The second-order valence-electron chi connectivity index (χ2n) is 11.0. The highest BCUT2D eigenvalue weighted by Gasteiger charge is 2.46. The van der Waals surface area contributed by atoms with Crippen molar-refractivity contribution in [1.29, 1.82) is 0 Å². The van der Waals surface area contributed by atoms with Crippen LogP contribution in [-0.2, 0) is 9.47 Å². The van der Waals surface area contributed by atoms with Gasteiger partial charge in [0.1, 0.15) is 33.8 Å². The first-order valence-corrected chi connectivity index (χ1v) is 13.8. The Bertz CT molecular complexity index is 1330. The zero-order chi connectivity index (χ0) is 28.5. The third-order valence-corrected chi connectivity index (χ3v) is 7.04. The third kappa shape index (κ3) is 6.95. The van der Waals surface area contributed by atoms with Gasteiger partial charge in [0.05, 0.1) is 17.7 Å². The topological polar surface area (TPSA) is 98.7 Å². The van der Waals surface area contributed by atoms with Gasteiger partial charge in [0.25, 0.3) is 0 Å². The molecule has 1 amide bonds. The van der Waals surface area contributed by atoms with Gasteiger partial charge in [-0.1, -0.05) is 22.9 Å². The fourth-order valence-electron chi connectivity index (χ4n) is 4.03. The van der Waals surface area contributed by atoms with Crippen LogP contribution in [-0.4, -0.2) is 62.8 Å². The Balaban J connectivity index is 1.47. The van der Waals surface area contributed by atoms with Crippen molar-refractivity contribution in [3.63, 3.8) is 0 Å². The zero-order valence-corrected chi connectivity index (χ0v) is 24.6. The van der Waals surface area contributed by atoms with Crippen LogP contribution in [0.5, 0.6) is 5.75 Å². The number of ether oxygens (including phenoxy) is 3. The lowest BCUT2D eigenvalue weighted by molar-refractivity contribution is -0.0637. The summed E-state index contributed by atoms with van der Waals surface area (Å²) < 4.78 is 32.2. The third-order valence-electron chi connectivity index (χ3n) is 5.72. The highest BCUT2D eigenvalue weighted by atomic mass is 35.5. The molecular formula is C27H33ClFN5O4S. The first kappa shape index (κ1) is 29.0. The number of benzene rings is 1. The van der Waals surface area contributed by atoms with Gasteiger partial charge in [0.15, 0.2) is 11.6 Å². The van der Waals surface area contributed by atoms with E-state index in [1.807, 2.05) is 26.0 Å². The highest BCUT2D eigenvalue weighted by molar-refractivity contribution is 7.18. The molecule has 0 unspecified atom stereocenters. The lowest BCUT2D eigenvalue weighted by atomic mass is 10.2. The quantitative estimate of drug-likeness (QED) is 0.334. The van der Waals surface area contributed by atoms with E-state index in [1.165, 1.54) is 28.4 Å². The maximum atomic E-state index is 15.1. The molecule has 1 atom stereocenters. The average molecular weight is 578 g/mol. The van der Waals surface area contributed by atoms with Gasteiger partial charge >= 0.3 is 6.09 Å². The van der Waals surface area contributed by atoms with Crippen molar-refractivity contribution < 1.29 is 23.4 Å². The molecule has 0 saturated carbocycles. The number of nitrogens with one attached hydrogen (secondary N) is 1. The minimum atomic E-state index is -0.896. The molecule has 1 aromatic carbocycles. The van der Waals surface area contributed by atoms with Crippen LogP contribution < -0.4 is 10.1 Å². The van der Waals surface area contributed by atoms with Crippen LogP contribution >= 0.6 is 22.9 Å².